The van der Waals surface area contributed by atoms with Crippen LogP contribution in [-0.2, 0) is 0 Å². The monoisotopic (exact) mass is 179 g/mol. The summed E-state index contributed by atoms with van der Waals surface area (Å²) in [6.45, 7) is 0.956. The van der Waals surface area contributed by atoms with Crippen LogP contribution in [0.25, 0.3) is 0 Å². The smallest absolute Gasteiger partial charge is 0.00433 e. The van der Waals surface area contributed by atoms with Gasteiger partial charge in [-0.2, -0.15) is 0 Å². The highest BCUT2D eigenvalue weighted by Crippen LogP contribution is 2.64. The third-order valence-corrected chi connectivity index (χ3v) is 4.85. The molecule has 0 radical (unpaired) electrons. The fourth-order valence-electron chi connectivity index (χ4n) is 3.73. The molecule has 2 N–H and O–H groups in total. The van der Waals surface area contributed by atoms with E-state index in [2.05, 4.69) is 0 Å². The quantitative estimate of drug-likeness (QED) is 0.692. The Morgan fingerprint density at radius 1 is 1.08 bits per heavy atom. The SMILES string of the molecule is NCC1CC12CCCC(C1CC1)C2. The first-order valence-corrected chi connectivity index (χ1v) is 6.04. The van der Waals surface area contributed by atoms with Crippen LogP contribution < -0.4 is 5.73 Å². The highest BCUT2D eigenvalue weighted by molar-refractivity contribution is 5.06. The lowest BCUT2D eigenvalue weighted by Crippen LogP contribution is -2.21. The normalized spacial score (nSPS) is 49.6. The first-order valence-electron chi connectivity index (χ1n) is 6.04. The Bertz CT molecular complexity index is 209. The van der Waals surface area contributed by atoms with Crippen LogP contribution in [0, 0.1) is 23.2 Å². The highest BCUT2D eigenvalue weighted by atomic mass is 14.7. The number of hydrogen-bond acceptors (Lipinski definition) is 1. The number of hydrogen-bond donors (Lipinski definition) is 1. The van der Waals surface area contributed by atoms with Crippen LogP contribution >= 0.6 is 0 Å². The molecule has 3 aliphatic carbocycles. The summed E-state index contributed by atoms with van der Waals surface area (Å²) in [4.78, 5) is 0. The molecule has 3 rings (SSSR count). The zero-order chi connectivity index (χ0) is 8.89. The van der Waals surface area contributed by atoms with Gasteiger partial charge in [0.25, 0.3) is 0 Å². The van der Waals surface area contributed by atoms with Gasteiger partial charge in [0.1, 0.15) is 0 Å². The van der Waals surface area contributed by atoms with Crippen molar-refractivity contribution in [3.05, 3.63) is 0 Å². The molecule has 3 saturated carbocycles. The lowest BCUT2D eigenvalue weighted by atomic mass is 9.75. The minimum atomic E-state index is 0.764. The molecule has 1 spiro atoms. The summed E-state index contributed by atoms with van der Waals surface area (Å²) < 4.78 is 0. The van der Waals surface area contributed by atoms with Crippen molar-refractivity contribution in [2.24, 2.45) is 28.9 Å². The summed E-state index contributed by atoms with van der Waals surface area (Å²) >= 11 is 0. The van der Waals surface area contributed by atoms with Crippen LogP contribution in [0.5, 0.6) is 0 Å². The van der Waals surface area contributed by atoms with E-state index in [1.165, 1.54) is 38.5 Å². The van der Waals surface area contributed by atoms with Crippen molar-refractivity contribution in [3.63, 3.8) is 0 Å². The summed E-state index contributed by atoms with van der Waals surface area (Å²) in [5.74, 6) is 3.15. The molecule has 1 nitrogen and oxygen atoms in total. The maximum absolute atomic E-state index is 5.78. The van der Waals surface area contributed by atoms with Gasteiger partial charge in [-0.05, 0) is 61.8 Å². The molecular weight excluding hydrogens is 158 g/mol. The van der Waals surface area contributed by atoms with Gasteiger partial charge >= 0.3 is 0 Å². The molecule has 74 valence electrons. The second-order valence-corrected chi connectivity index (χ2v) is 5.69. The van der Waals surface area contributed by atoms with E-state index in [1.54, 1.807) is 6.42 Å². The van der Waals surface area contributed by atoms with Crippen molar-refractivity contribution in [1.29, 1.82) is 0 Å². The molecule has 0 bridgehead atoms. The Hall–Kier alpha value is -0.0400. The van der Waals surface area contributed by atoms with E-state index >= 15 is 0 Å². The average Bonchev–Trinajstić information content (AvgIpc) is 3.00. The molecule has 0 amide bonds. The molecule has 3 aliphatic rings. The Balaban J connectivity index is 1.64. The minimum absolute atomic E-state index is 0.764. The molecule has 0 saturated heterocycles. The maximum atomic E-state index is 5.78. The Kier molecular flexibility index (Phi) is 1.74. The van der Waals surface area contributed by atoms with E-state index in [-0.39, 0.29) is 0 Å². The molecule has 3 atom stereocenters. The summed E-state index contributed by atoms with van der Waals surface area (Å²) in [5, 5.41) is 0. The average molecular weight is 179 g/mol. The van der Waals surface area contributed by atoms with E-state index in [0.717, 1.165) is 29.7 Å². The Morgan fingerprint density at radius 2 is 1.92 bits per heavy atom. The minimum Gasteiger partial charge on any atom is -0.330 e. The van der Waals surface area contributed by atoms with Crippen molar-refractivity contribution in [2.45, 2.75) is 44.9 Å². The zero-order valence-corrected chi connectivity index (χ0v) is 8.47. The van der Waals surface area contributed by atoms with Gasteiger partial charge in [-0.15, -0.1) is 0 Å². The first kappa shape index (κ1) is 8.28. The molecule has 0 heterocycles. The first-order chi connectivity index (χ1) is 6.34. The molecule has 0 aromatic heterocycles. The number of nitrogens with two attached hydrogens (primary N) is 1. The topological polar surface area (TPSA) is 26.0 Å². The van der Waals surface area contributed by atoms with E-state index in [9.17, 15) is 0 Å². The summed E-state index contributed by atoms with van der Waals surface area (Å²) in [7, 11) is 0. The fourth-order valence-corrected chi connectivity index (χ4v) is 3.73. The molecule has 0 aromatic rings. The zero-order valence-electron chi connectivity index (χ0n) is 8.47. The molecule has 1 heteroatoms. The molecule has 0 aliphatic heterocycles. The predicted molar refractivity (Wildman–Crippen MR) is 54.3 cm³/mol. The van der Waals surface area contributed by atoms with Gasteiger partial charge in [0.15, 0.2) is 0 Å². The van der Waals surface area contributed by atoms with Gasteiger partial charge in [0.05, 0.1) is 0 Å². The van der Waals surface area contributed by atoms with Crippen LogP contribution in [0.2, 0.25) is 0 Å². The van der Waals surface area contributed by atoms with Gasteiger partial charge in [0.2, 0.25) is 0 Å². The van der Waals surface area contributed by atoms with E-state index in [4.69, 9.17) is 5.73 Å². The van der Waals surface area contributed by atoms with Crippen molar-refractivity contribution in [3.8, 4) is 0 Å². The van der Waals surface area contributed by atoms with Crippen LogP contribution in [-0.4, -0.2) is 6.54 Å². The van der Waals surface area contributed by atoms with Crippen LogP contribution in [0.4, 0.5) is 0 Å². The van der Waals surface area contributed by atoms with Gasteiger partial charge < -0.3 is 5.73 Å². The largest absolute Gasteiger partial charge is 0.330 e. The van der Waals surface area contributed by atoms with E-state index in [1.807, 2.05) is 0 Å². The van der Waals surface area contributed by atoms with Crippen LogP contribution in [0.15, 0.2) is 0 Å². The Morgan fingerprint density at radius 3 is 2.54 bits per heavy atom. The second kappa shape index (κ2) is 2.73. The standard InChI is InChI=1S/C12H21N/c13-8-11-7-12(11)5-1-2-10(6-12)9-3-4-9/h9-11H,1-8,13H2. The summed E-state index contributed by atoms with van der Waals surface area (Å²) in [5.41, 5.74) is 6.54. The van der Waals surface area contributed by atoms with E-state index in [0.29, 0.717) is 0 Å². The third kappa shape index (κ3) is 1.32. The van der Waals surface area contributed by atoms with Crippen molar-refractivity contribution < 1.29 is 0 Å². The fraction of sp³-hybridized carbons (Fsp3) is 1.00. The molecule has 3 fully saturated rings. The lowest BCUT2D eigenvalue weighted by Gasteiger charge is -2.30. The number of rotatable bonds is 2. The summed E-state index contributed by atoms with van der Waals surface area (Å²) in [6, 6.07) is 0. The van der Waals surface area contributed by atoms with Crippen molar-refractivity contribution in [2.75, 3.05) is 6.54 Å². The third-order valence-electron chi connectivity index (χ3n) is 4.85. The van der Waals surface area contributed by atoms with Gasteiger partial charge in [-0.25, -0.2) is 0 Å². The maximum Gasteiger partial charge on any atom is -0.00433 e. The predicted octanol–water partition coefficient (Wildman–Crippen LogP) is 2.55. The van der Waals surface area contributed by atoms with Crippen molar-refractivity contribution in [1.82, 2.24) is 0 Å². The molecule has 0 aromatic carbocycles. The second-order valence-electron chi connectivity index (χ2n) is 5.69. The van der Waals surface area contributed by atoms with Gasteiger partial charge in [-0.1, -0.05) is 12.8 Å². The van der Waals surface area contributed by atoms with Crippen LogP contribution in [0.1, 0.15) is 44.9 Å². The van der Waals surface area contributed by atoms with Crippen LogP contribution in [0.3, 0.4) is 0 Å². The van der Waals surface area contributed by atoms with Crippen molar-refractivity contribution >= 4 is 0 Å². The molecule has 13 heavy (non-hydrogen) atoms. The Labute approximate surface area is 81.1 Å². The molecule has 3 unspecified atom stereocenters. The van der Waals surface area contributed by atoms with E-state index < -0.39 is 0 Å². The lowest BCUT2D eigenvalue weighted by molar-refractivity contribution is 0.210. The summed E-state index contributed by atoms with van der Waals surface area (Å²) in [6.07, 6.45) is 10.6. The van der Waals surface area contributed by atoms with Gasteiger partial charge in [-0.3, -0.25) is 0 Å². The van der Waals surface area contributed by atoms with Gasteiger partial charge in [0, 0.05) is 0 Å². The highest BCUT2D eigenvalue weighted by Gasteiger charge is 2.55. The molecular formula is C12H21N.